The third-order valence-electron chi connectivity index (χ3n) is 7.06. The molecule has 2 amide bonds. The molecule has 0 unspecified atom stereocenters. The molecule has 10 heteroatoms. The zero-order valence-corrected chi connectivity index (χ0v) is 22.1. The lowest BCUT2D eigenvalue weighted by Gasteiger charge is -2.29. The first-order valence-electron chi connectivity index (χ1n) is 13.3. The molecule has 0 atom stereocenters. The molecule has 1 fully saturated rings. The standard InChI is InChI=1S/C31H28F3N5O2/c32-31(33,34)22-7-4-6-20(16-22)19-38-30(41)21-11-13-36-27(17-21)26-18-23(39-14-2-1-3-15-39)9-10-24(26)25-8-5-12-37-28(25)29(35)40/h4-13,16-18H,1-3,14-15,19H2,(H2,35,40)(H,38,41). The van der Waals surface area contributed by atoms with Crippen LogP contribution < -0.4 is 16.0 Å². The molecule has 5 rings (SSSR count). The van der Waals surface area contributed by atoms with Crippen LogP contribution in [0.2, 0.25) is 0 Å². The van der Waals surface area contributed by atoms with E-state index in [4.69, 9.17) is 5.73 Å². The van der Waals surface area contributed by atoms with E-state index in [1.54, 1.807) is 18.2 Å². The Morgan fingerprint density at radius 2 is 1.66 bits per heavy atom. The number of carbonyl (C=O) groups is 2. The van der Waals surface area contributed by atoms with Crippen molar-refractivity contribution in [3.05, 3.63) is 102 Å². The number of carbonyl (C=O) groups excluding carboxylic acids is 2. The molecule has 0 spiro atoms. The van der Waals surface area contributed by atoms with Gasteiger partial charge in [0.2, 0.25) is 0 Å². The molecule has 2 aromatic heterocycles. The van der Waals surface area contributed by atoms with Crippen LogP contribution in [0, 0.1) is 0 Å². The number of halogens is 3. The lowest BCUT2D eigenvalue weighted by atomic mass is 9.94. The van der Waals surface area contributed by atoms with Crippen molar-refractivity contribution in [1.29, 1.82) is 0 Å². The Labute approximate surface area is 235 Å². The molecule has 1 aliphatic heterocycles. The van der Waals surface area contributed by atoms with Crippen LogP contribution in [0.3, 0.4) is 0 Å². The lowest BCUT2D eigenvalue weighted by Crippen LogP contribution is -2.29. The molecule has 2 aromatic carbocycles. The van der Waals surface area contributed by atoms with Crippen molar-refractivity contribution in [3.63, 3.8) is 0 Å². The Morgan fingerprint density at radius 1 is 0.854 bits per heavy atom. The number of primary amides is 1. The number of piperidine rings is 1. The van der Waals surface area contributed by atoms with Crippen LogP contribution in [0.1, 0.15) is 51.2 Å². The number of anilines is 1. The monoisotopic (exact) mass is 559 g/mol. The SMILES string of the molecule is NC(=O)c1ncccc1-c1ccc(N2CCCCC2)cc1-c1cc(C(=O)NCc2cccc(C(F)(F)F)c2)ccn1. The second kappa shape index (κ2) is 11.8. The lowest BCUT2D eigenvalue weighted by molar-refractivity contribution is -0.137. The largest absolute Gasteiger partial charge is 0.416 e. The van der Waals surface area contributed by atoms with Gasteiger partial charge in [-0.25, -0.2) is 0 Å². The number of pyridine rings is 2. The number of benzene rings is 2. The van der Waals surface area contributed by atoms with Crippen molar-refractivity contribution >= 4 is 17.5 Å². The van der Waals surface area contributed by atoms with Crippen molar-refractivity contribution in [2.24, 2.45) is 5.73 Å². The Balaban J connectivity index is 1.49. The van der Waals surface area contributed by atoms with Crippen LogP contribution in [0.4, 0.5) is 18.9 Å². The number of nitrogens with two attached hydrogens (primary N) is 1. The van der Waals surface area contributed by atoms with E-state index in [9.17, 15) is 22.8 Å². The fraction of sp³-hybridized carbons (Fsp3) is 0.226. The molecule has 4 aromatic rings. The third-order valence-corrected chi connectivity index (χ3v) is 7.06. The van der Waals surface area contributed by atoms with Gasteiger partial charge in [0.05, 0.1) is 11.3 Å². The van der Waals surface area contributed by atoms with E-state index in [0.29, 0.717) is 27.9 Å². The van der Waals surface area contributed by atoms with Gasteiger partial charge >= 0.3 is 6.18 Å². The van der Waals surface area contributed by atoms with E-state index in [1.165, 1.54) is 37.0 Å². The first kappa shape index (κ1) is 27.8. The third kappa shape index (κ3) is 6.37. The Kier molecular flexibility index (Phi) is 8.00. The van der Waals surface area contributed by atoms with Gasteiger partial charge in [0.25, 0.3) is 11.8 Å². The minimum atomic E-state index is -4.47. The summed E-state index contributed by atoms with van der Waals surface area (Å²) in [5, 5.41) is 2.69. The van der Waals surface area contributed by atoms with E-state index in [1.807, 2.05) is 18.2 Å². The number of nitrogens with one attached hydrogen (secondary N) is 1. The smallest absolute Gasteiger partial charge is 0.372 e. The molecule has 0 bridgehead atoms. The van der Waals surface area contributed by atoms with Crippen molar-refractivity contribution in [1.82, 2.24) is 15.3 Å². The molecular weight excluding hydrogens is 531 g/mol. The summed E-state index contributed by atoms with van der Waals surface area (Å²) in [5.74, 6) is -1.12. The highest BCUT2D eigenvalue weighted by molar-refractivity contribution is 6.01. The van der Waals surface area contributed by atoms with Gasteiger partial charge in [-0.1, -0.05) is 24.3 Å². The molecule has 1 aliphatic rings. The molecule has 0 aliphatic carbocycles. The summed E-state index contributed by atoms with van der Waals surface area (Å²) >= 11 is 0. The van der Waals surface area contributed by atoms with Crippen LogP contribution in [-0.2, 0) is 12.7 Å². The van der Waals surface area contributed by atoms with E-state index < -0.39 is 23.6 Å². The zero-order chi connectivity index (χ0) is 29.0. The Morgan fingerprint density at radius 3 is 2.41 bits per heavy atom. The highest BCUT2D eigenvalue weighted by Crippen LogP contribution is 2.36. The van der Waals surface area contributed by atoms with Crippen LogP contribution >= 0.6 is 0 Å². The van der Waals surface area contributed by atoms with Crippen molar-refractivity contribution in [3.8, 4) is 22.4 Å². The van der Waals surface area contributed by atoms with Gasteiger partial charge in [0.1, 0.15) is 5.69 Å². The molecule has 0 radical (unpaired) electrons. The number of hydrogen-bond acceptors (Lipinski definition) is 5. The van der Waals surface area contributed by atoms with Crippen LogP contribution in [-0.4, -0.2) is 34.9 Å². The van der Waals surface area contributed by atoms with Gasteiger partial charge in [-0.05, 0) is 72.9 Å². The molecule has 3 heterocycles. The molecule has 41 heavy (non-hydrogen) atoms. The first-order chi connectivity index (χ1) is 19.7. The number of rotatable bonds is 7. The summed E-state index contributed by atoms with van der Waals surface area (Å²) in [6.07, 6.45) is 1.89. The average molecular weight is 560 g/mol. The quantitative estimate of drug-likeness (QED) is 0.296. The average Bonchev–Trinajstić information content (AvgIpc) is 3.00. The number of hydrogen-bond donors (Lipinski definition) is 2. The number of nitrogens with zero attached hydrogens (tertiary/aromatic N) is 3. The van der Waals surface area contributed by atoms with E-state index in [-0.39, 0.29) is 17.8 Å². The maximum absolute atomic E-state index is 13.1. The summed E-state index contributed by atoms with van der Waals surface area (Å²) in [6.45, 7) is 1.76. The minimum absolute atomic E-state index is 0.0756. The van der Waals surface area contributed by atoms with Crippen LogP contribution in [0.5, 0.6) is 0 Å². The Bertz CT molecular complexity index is 1580. The molecule has 1 saturated heterocycles. The summed E-state index contributed by atoms with van der Waals surface area (Å²) in [7, 11) is 0. The van der Waals surface area contributed by atoms with Crippen molar-refractivity contribution in [2.75, 3.05) is 18.0 Å². The van der Waals surface area contributed by atoms with E-state index in [2.05, 4.69) is 20.2 Å². The van der Waals surface area contributed by atoms with Crippen molar-refractivity contribution in [2.45, 2.75) is 32.0 Å². The summed E-state index contributed by atoms with van der Waals surface area (Å²) in [6, 6.07) is 17.4. The molecule has 3 N–H and O–H groups in total. The van der Waals surface area contributed by atoms with E-state index >= 15 is 0 Å². The normalized spacial score (nSPS) is 13.6. The van der Waals surface area contributed by atoms with Gasteiger partial charge in [0, 0.05) is 54.4 Å². The number of alkyl halides is 3. The van der Waals surface area contributed by atoms with Crippen LogP contribution in [0.15, 0.2) is 79.1 Å². The van der Waals surface area contributed by atoms with Gasteiger partial charge in [0.15, 0.2) is 0 Å². The van der Waals surface area contributed by atoms with Gasteiger partial charge in [-0.15, -0.1) is 0 Å². The molecule has 7 nitrogen and oxygen atoms in total. The van der Waals surface area contributed by atoms with Gasteiger partial charge < -0.3 is 16.0 Å². The first-order valence-corrected chi connectivity index (χ1v) is 13.3. The van der Waals surface area contributed by atoms with Crippen LogP contribution in [0.25, 0.3) is 22.4 Å². The summed E-state index contributed by atoms with van der Waals surface area (Å²) in [5.41, 5.74) is 8.99. The maximum Gasteiger partial charge on any atom is 0.416 e. The maximum atomic E-state index is 13.1. The van der Waals surface area contributed by atoms with Gasteiger partial charge in [-0.3, -0.25) is 19.6 Å². The summed E-state index contributed by atoms with van der Waals surface area (Å²) in [4.78, 5) is 36.3. The second-order valence-corrected chi connectivity index (χ2v) is 9.85. The van der Waals surface area contributed by atoms with Gasteiger partial charge in [-0.2, -0.15) is 13.2 Å². The Hall–Kier alpha value is -4.73. The fourth-order valence-corrected chi connectivity index (χ4v) is 5.01. The predicted molar refractivity (Wildman–Crippen MR) is 150 cm³/mol. The summed E-state index contributed by atoms with van der Waals surface area (Å²) < 4.78 is 39.2. The number of amides is 2. The van der Waals surface area contributed by atoms with Crippen molar-refractivity contribution < 1.29 is 22.8 Å². The highest BCUT2D eigenvalue weighted by Gasteiger charge is 2.30. The highest BCUT2D eigenvalue weighted by atomic mass is 19.4. The molecular formula is C31H28F3N5O2. The topological polar surface area (TPSA) is 101 Å². The molecule has 0 saturated carbocycles. The zero-order valence-electron chi connectivity index (χ0n) is 22.1. The predicted octanol–water partition coefficient (Wildman–Crippen LogP) is 5.85. The second-order valence-electron chi connectivity index (χ2n) is 9.85. The fourth-order valence-electron chi connectivity index (χ4n) is 5.01. The minimum Gasteiger partial charge on any atom is -0.372 e. The molecule has 210 valence electrons. The van der Waals surface area contributed by atoms with E-state index in [0.717, 1.165) is 43.8 Å². The number of aromatic nitrogens is 2.